The SMILES string of the molecule is C[C@H](NC=O)c1cccs1. The Kier molecular flexibility index (Phi) is 2.45. The van der Waals surface area contributed by atoms with Crippen LogP contribution in [0.1, 0.15) is 17.8 Å². The lowest BCUT2D eigenvalue weighted by Crippen LogP contribution is -2.14. The molecule has 10 heavy (non-hydrogen) atoms. The minimum absolute atomic E-state index is 0.150. The van der Waals surface area contributed by atoms with Gasteiger partial charge in [-0.05, 0) is 18.4 Å². The van der Waals surface area contributed by atoms with Gasteiger partial charge in [0, 0.05) is 4.88 Å². The van der Waals surface area contributed by atoms with Gasteiger partial charge in [-0.15, -0.1) is 11.3 Å². The zero-order valence-corrected chi connectivity index (χ0v) is 6.52. The van der Waals surface area contributed by atoms with Crippen molar-refractivity contribution in [1.82, 2.24) is 5.32 Å². The second-order valence-electron chi connectivity index (χ2n) is 2.02. The summed E-state index contributed by atoms with van der Waals surface area (Å²) in [6.07, 6.45) is 0.727. The minimum Gasteiger partial charge on any atom is -0.351 e. The van der Waals surface area contributed by atoms with E-state index in [1.165, 1.54) is 4.88 Å². The van der Waals surface area contributed by atoms with E-state index in [-0.39, 0.29) is 6.04 Å². The average Bonchev–Trinajstić information content (AvgIpc) is 2.38. The van der Waals surface area contributed by atoms with Gasteiger partial charge in [-0.1, -0.05) is 6.07 Å². The highest BCUT2D eigenvalue weighted by atomic mass is 32.1. The number of rotatable bonds is 3. The second-order valence-corrected chi connectivity index (χ2v) is 3.00. The highest BCUT2D eigenvalue weighted by Crippen LogP contribution is 2.16. The summed E-state index contributed by atoms with van der Waals surface area (Å²) in [5.74, 6) is 0. The molecule has 54 valence electrons. The number of carbonyl (C=O) groups excluding carboxylic acids is 1. The Balaban J connectivity index is 2.58. The molecule has 2 nitrogen and oxygen atoms in total. The lowest BCUT2D eigenvalue weighted by molar-refractivity contribution is -0.110. The third-order valence-electron chi connectivity index (χ3n) is 1.29. The van der Waals surface area contributed by atoms with Crippen molar-refractivity contribution in [2.24, 2.45) is 0 Å². The predicted molar refractivity (Wildman–Crippen MR) is 41.9 cm³/mol. The van der Waals surface area contributed by atoms with Crippen molar-refractivity contribution in [2.75, 3.05) is 0 Å². The van der Waals surface area contributed by atoms with Gasteiger partial charge < -0.3 is 5.32 Å². The molecule has 0 bridgehead atoms. The van der Waals surface area contributed by atoms with Gasteiger partial charge in [-0.2, -0.15) is 0 Å². The van der Waals surface area contributed by atoms with Crippen molar-refractivity contribution in [3.63, 3.8) is 0 Å². The number of thiophene rings is 1. The van der Waals surface area contributed by atoms with Gasteiger partial charge in [-0.3, -0.25) is 4.79 Å². The molecule has 0 aliphatic rings. The van der Waals surface area contributed by atoms with E-state index >= 15 is 0 Å². The summed E-state index contributed by atoms with van der Waals surface area (Å²) < 4.78 is 0. The first-order chi connectivity index (χ1) is 4.84. The average molecular weight is 155 g/mol. The largest absolute Gasteiger partial charge is 0.351 e. The molecular weight excluding hydrogens is 146 g/mol. The Morgan fingerprint density at radius 3 is 3.10 bits per heavy atom. The van der Waals surface area contributed by atoms with Crippen LogP contribution in [0, 0.1) is 0 Å². The van der Waals surface area contributed by atoms with E-state index in [4.69, 9.17) is 0 Å². The monoisotopic (exact) mass is 155 g/mol. The summed E-state index contributed by atoms with van der Waals surface area (Å²) in [6.45, 7) is 1.96. The Labute approximate surface area is 63.9 Å². The third kappa shape index (κ3) is 1.57. The molecule has 0 aliphatic carbocycles. The number of hydrogen-bond acceptors (Lipinski definition) is 2. The summed E-state index contributed by atoms with van der Waals surface area (Å²) in [5, 5.41) is 4.68. The van der Waals surface area contributed by atoms with Gasteiger partial charge in [0.15, 0.2) is 0 Å². The molecule has 1 aromatic rings. The molecule has 3 heteroatoms. The standard InChI is InChI=1S/C7H9NOS/c1-6(8-5-9)7-3-2-4-10-7/h2-6H,1H3,(H,8,9)/t6-/m0/s1. The fourth-order valence-corrected chi connectivity index (χ4v) is 1.47. The molecular formula is C7H9NOS. The fourth-order valence-electron chi connectivity index (χ4n) is 0.722. The predicted octanol–water partition coefficient (Wildman–Crippen LogP) is 1.56. The van der Waals surface area contributed by atoms with Gasteiger partial charge in [0.05, 0.1) is 6.04 Å². The second kappa shape index (κ2) is 3.37. The van der Waals surface area contributed by atoms with Gasteiger partial charge in [0.1, 0.15) is 0 Å². The fraction of sp³-hybridized carbons (Fsp3) is 0.286. The van der Waals surface area contributed by atoms with E-state index in [1.807, 2.05) is 24.4 Å². The van der Waals surface area contributed by atoms with Crippen LogP contribution in [0.4, 0.5) is 0 Å². The van der Waals surface area contributed by atoms with E-state index < -0.39 is 0 Å². The van der Waals surface area contributed by atoms with Crippen LogP contribution in [0.2, 0.25) is 0 Å². The summed E-state index contributed by atoms with van der Waals surface area (Å²) >= 11 is 1.65. The zero-order chi connectivity index (χ0) is 7.40. The molecule has 0 fully saturated rings. The van der Waals surface area contributed by atoms with Crippen LogP contribution in [0.15, 0.2) is 17.5 Å². The molecule has 1 heterocycles. The van der Waals surface area contributed by atoms with E-state index in [2.05, 4.69) is 5.32 Å². The highest BCUT2D eigenvalue weighted by molar-refractivity contribution is 7.10. The third-order valence-corrected chi connectivity index (χ3v) is 2.34. The van der Waals surface area contributed by atoms with Crippen molar-refractivity contribution in [3.05, 3.63) is 22.4 Å². The van der Waals surface area contributed by atoms with E-state index in [1.54, 1.807) is 11.3 Å². The van der Waals surface area contributed by atoms with Gasteiger partial charge >= 0.3 is 0 Å². The normalized spacial score (nSPS) is 12.5. The summed E-state index contributed by atoms with van der Waals surface area (Å²) in [5.41, 5.74) is 0. The Morgan fingerprint density at radius 2 is 2.60 bits per heavy atom. The maximum absolute atomic E-state index is 10.0. The number of carbonyl (C=O) groups is 1. The number of amides is 1. The molecule has 1 amide bonds. The van der Waals surface area contributed by atoms with Gasteiger partial charge in [0.25, 0.3) is 0 Å². The molecule has 0 spiro atoms. The molecule has 0 aliphatic heterocycles. The van der Waals surface area contributed by atoms with Crippen LogP contribution < -0.4 is 5.32 Å². The van der Waals surface area contributed by atoms with Crippen molar-refractivity contribution >= 4 is 17.7 Å². The quantitative estimate of drug-likeness (QED) is 0.659. The topological polar surface area (TPSA) is 29.1 Å². The summed E-state index contributed by atoms with van der Waals surface area (Å²) in [4.78, 5) is 11.2. The summed E-state index contributed by atoms with van der Waals surface area (Å²) in [6, 6.07) is 4.13. The van der Waals surface area contributed by atoms with Crippen LogP contribution >= 0.6 is 11.3 Å². The van der Waals surface area contributed by atoms with E-state index in [0.29, 0.717) is 0 Å². The van der Waals surface area contributed by atoms with Crippen molar-refractivity contribution < 1.29 is 4.79 Å². The van der Waals surface area contributed by atoms with Crippen LogP contribution in [-0.4, -0.2) is 6.41 Å². The van der Waals surface area contributed by atoms with Crippen molar-refractivity contribution in [3.8, 4) is 0 Å². The lowest BCUT2D eigenvalue weighted by atomic mass is 10.3. The minimum atomic E-state index is 0.150. The van der Waals surface area contributed by atoms with Crippen molar-refractivity contribution in [1.29, 1.82) is 0 Å². The molecule has 0 aromatic carbocycles. The maximum atomic E-state index is 10.0. The first-order valence-electron chi connectivity index (χ1n) is 3.07. The molecule has 1 atom stereocenters. The first kappa shape index (κ1) is 7.28. The lowest BCUT2D eigenvalue weighted by Gasteiger charge is -2.05. The van der Waals surface area contributed by atoms with E-state index in [0.717, 1.165) is 6.41 Å². The first-order valence-corrected chi connectivity index (χ1v) is 3.95. The van der Waals surface area contributed by atoms with Gasteiger partial charge in [0.2, 0.25) is 6.41 Å². The molecule has 0 saturated heterocycles. The number of nitrogens with one attached hydrogen (secondary N) is 1. The van der Waals surface area contributed by atoms with Gasteiger partial charge in [-0.25, -0.2) is 0 Å². The Morgan fingerprint density at radius 1 is 1.80 bits per heavy atom. The molecule has 1 aromatic heterocycles. The molecule has 1 rings (SSSR count). The smallest absolute Gasteiger partial charge is 0.207 e. The van der Waals surface area contributed by atoms with Crippen molar-refractivity contribution in [2.45, 2.75) is 13.0 Å². The zero-order valence-electron chi connectivity index (χ0n) is 5.70. The Bertz CT molecular complexity index is 195. The molecule has 0 radical (unpaired) electrons. The molecule has 1 N–H and O–H groups in total. The van der Waals surface area contributed by atoms with E-state index in [9.17, 15) is 4.79 Å². The highest BCUT2D eigenvalue weighted by Gasteiger charge is 2.02. The molecule has 0 unspecified atom stereocenters. The number of hydrogen-bond donors (Lipinski definition) is 1. The van der Waals surface area contributed by atoms with Crippen LogP contribution in [0.3, 0.4) is 0 Å². The van der Waals surface area contributed by atoms with Crippen LogP contribution in [-0.2, 0) is 4.79 Å². The summed E-state index contributed by atoms with van der Waals surface area (Å²) in [7, 11) is 0. The molecule has 0 saturated carbocycles. The maximum Gasteiger partial charge on any atom is 0.207 e. The van der Waals surface area contributed by atoms with Crippen LogP contribution in [0.5, 0.6) is 0 Å². The van der Waals surface area contributed by atoms with Crippen LogP contribution in [0.25, 0.3) is 0 Å². The Hall–Kier alpha value is -0.830.